The van der Waals surface area contributed by atoms with Crippen LogP contribution in [0.2, 0.25) is 0 Å². The number of thioether (sulfide) groups is 1. The van der Waals surface area contributed by atoms with E-state index in [4.69, 9.17) is 0 Å². The van der Waals surface area contributed by atoms with Crippen molar-refractivity contribution in [3.8, 4) is 5.75 Å². The number of nitrogens with one attached hydrogen (secondary N) is 1. The minimum Gasteiger partial charge on any atom is -0.508 e. The third-order valence-electron chi connectivity index (χ3n) is 1.80. The topological polar surface area (TPSA) is 48.9 Å². The van der Waals surface area contributed by atoms with Crippen LogP contribution in [0.4, 0.5) is 0 Å². The van der Waals surface area contributed by atoms with Crippen molar-refractivity contribution in [2.75, 3.05) is 6.26 Å². The van der Waals surface area contributed by atoms with Gasteiger partial charge in [0.1, 0.15) is 11.6 Å². The van der Waals surface area contributed by atoms with Crippen molar-refractivity contribution in [2.24, 2.45) is 0 Å². The normalized spacial score (nSPS) is 10.8. The minimum absolute atomic E-state index is 0.270. The average molecular weight is 194 g/mol. The fourth-order valence-corrected chi connectivity index (χ4v) is 1.67. The zero-order chi connectivity index (χ0) is 9.26. The molecule has 0 saturated carbocycles. The minimum atomic E-state index is 0.270. The standard InChI is InChI=1S/C9H10N2OS/c1-13-5-9-10-7-3-2-6(12)4-8(7)11-9/h2-4,12H,5H2,1H3,(H,10,11). The van der Waals surface area contributed by atoms with Crippen LogP contribution in [0.25, 0.3) is 11.0 Å². The predicted octanol–water partition coefficient (Wildman–Crippen LogP) is 2.13. The van der Waals surface area contributed by atoms with Crippen LogP contribution in [-0.4, -0.2) is 21.3 Å². The van der Waals surface area contributed by atoms with Crippen molar-refractivity contribution >= 4 is 22.8 Å². The largest absolute Gasteiger partial charge is 0.508 e. The second-order valence-corrected chi connectivity index (χ2v) is 3.68. The Morgan fingerprint density at radius 3 is 3.15 bits per heavy atom. The maximum atomic E-state index is 9.22. The number of phenols is 1. The number of fused-ring (bicyclic) bond motifs is 1. The maximum absolute atomic E-state index is 9.22. The summed E-state index contributed by atoms with van der Waals surface area (Å²) in [6, 6.07) is 5.14. The fraction of sp³-hybridized carbons (Fsp3) is 0.222. The van der Waals surface area contributed by atoms with Gasteiger partial charge in [-0.1, -0.05) is 0 Å². The highest BCUT2D eigenvalue weighted by Crippen LogP contribution is 2.18. The van der Waals surface area contributed by atoms with Crippen molar-refractivity contribution in [2.45, 2.75) is 5.75 Å². The quantitative estimate of drug-likeness (QED) is 0.770. The Morgan fingerprint density at radius 2 is 2.38 bits per heavy atom. The number of H-pyrrole nitrogens is 1. The van der Waals surface area contributed by atoms with Gasteiger partial charge in [-0.2, -0.15) is 11.8 Å². The lowest BCUT2D eigenvalue weighted by atomic mass is 10.3. The highest BCUT2D eigenvalue weighted by Gasteiger charge is 2.01. The molecule has 0 atom stereocenters. The number of hydrogen-bond donors (Lipinski definition) is 2. The van der Waals surface area contributed by atoms with Crippen LogP contribution in [0.1, 0.15) is 5.82 Å². The molecule has 1 heterocycles. The summed E-state index contributed by atoms with van der Waals surface area (Å²) < 4.78 is 0. The summed E-state index contributed by atoms with van der Waals surface area (Å²) in [5.74, 6) is 2.09. The highest BCUT2D eigenvalue weighted by molar-refractivity contribution is 7.97. The molecule has 68 valence electrons. The lowest BCUT2D eigenvalue weighted by molar-refractivity contribution is 0.476. The summed E-state index contributed by atoms with van der Waals surface area (Å²) >= 11 is 1.72. The smallest absolute Gasteiger partial charge is 0.117 e. The first-order valence-corrected chi connectivity index (χ1v) is 5.35. The second kappa shape index (κ2) is 3.30. The molecular weight excluding hydrogens is 184 g/mol. The number of benzene rings is 1. The molecule has 0 aliphatic rings. The number of aromatic amines is 1. The van der Waals surface area contributed by atoms with Gasteiger partial charge in [-0.15, -0.1) is 0 Å². The molecular formula is C9H10N2OS. The Morgan fingerprint density at radius 1 is 1.54 bits per heavy atom. The molecule has 0 radical (unpaired) electrons. The number of aromatic nitrogens is 2. The van der Waals surface area contributed by atoms with Crippen LogP contribution in [0.3, 0.4) is 0 Å². The van der Waals surface area contributed by atoms with Gasteiger partial charge in [0.25, 0.3) is 0 Å². The first kappa shape index (κ1) is 8.44. The summed E-state index contributed by atoms with van der Waals surface area (Å²) in [5.41, 5.74) is 1.80. The van der Waals surface area contributed by atoms with E-state index in [1.165, 1.54) is 0 Å². The maximum Gasteiger partial charge on any atom is 0.117 e. The molecule has 3 nitrogen and oxygen atoms in total. The molecule has 2 N–H and O–H groups in total. The zero-order valence-corrected chi connectivity index (χ0v) is 8.06. The van der Waals surface area contributed by atoms with Gasteiger partial charge in [0, 0.05) is 6.07 Å². The van der Waals surface area contributed by atoms with Crippen molar-refractivity contribution in [3.63, 3.8) is 0 Å². The van der Waals surface area contributed by atoms with E-state index >= 15 is 0 Å². The molecule has 1 aromatic heterocycles. The SMILES string of the molecule is CSCc1nc2ccc(O)cc2[nH]1. The molecule has 2 rings (SSSR count). The molecule has 0 unspecified atom stereocenters. The van der Waals surface area contributed by atoms with Crippen LogP contribution < -0.4 is 0 Å². The molecule has 1 aromatic carbocycles. The predicted molar refractivity (Wildman–Crippen MR) is 55.0 cm³/mol. The first-order valence-electron chi connectivity index (χ1n) is 3.96. The number of rotatable bonds is 2. The monoisotopic (exact) mass is 194 g/mol. The van der Waals surface area contributed by atoms with Gasteiger partial charge in [0.05, 0.1) is 16.8 Å². The summed E-state index contributed by atoms with van der Waals surface area (Å²) in [6.07, 6.45) is 2.03. The Hall–Kier alpha value is -1.16. The Labute approximate surface area is 80.2 Å². The molecule has 13 heavy (non-hydrogen) atoms. The molecule has 0 saturated heterocycles. The summed E-state index contributed by atoms with van der Waals surface area (Å²) in [5, 5.41) is 9.22. The molecule has 0 bridgehead atoms. The average Bonchev–Trinajstić information content (AvgIpc) is 2.46. The Bertz CT molecular complexity index is 424. The molecule has 0 fully saturated rings. The van der Waals surface area contributed by atoms with Crippen molar-refractivity contribution in [1.82, 2.24) is 9.97 Å². The highest BCUT2D eigenvalue weighted by atomic mass is 32.2. The van der Waals surface area contributed by atoms with Crippen molar-refractivity contribution in [1.29, 1.82) is 0 Å². The van der Waals surface area contributed by atoms with Crippen LogP contribution in [0.5, 0.6) is 5.75 Å². The van der Waals surface area contributed by atoms with E-state index in [0.717, 1.165) is 22.6 Å². The summed E-state index contributed by atoms with van der Waals surface area (Å²) in [7, 11) is 0. The van der Waals surface area contributed by atoms with Gasteiger partial charge >= 0.3 is 0 Å². The number of imidazole rings is 1. The lowest BCUT2D eigenvalue weighted by Gasteiger charge is -1.88. The first-order chi connectivity index (χ1) is 6.29. The number of phenolic OH excluding ortho intramolecular Hbond substituents is 1. The van der Waals surface area contributed by atoms with E-state index < -0.39 is 0 Å². The second-order valence-electron chi connectivity index (χ2n) is 2.82. The van der Waals surface area contributed by atoms with Gasteiger partial charge in [0.15, 0.2) is 0 Å². The van der Waals surface area contributed by atoms with Crippen LogP contribution >= 0.6 is 11.8 Å². The zero-order valence-electron chi connectivity index (χ0n) is 7.24. The van der Waals surface area contributed by atoms with Crippen LogP contribution in [-0.2, 0) is 5.75 Å². The van der Waals surface area contributed by atoms with E-state index in [2.05, 4.69) is 9.97 Å². The molecule has 4 heteroatoms. The van der Waals surface area contributed by atoms with E-state index in [9.17, 15) is 5.11 Å². The molecule has 2 aromatic rings. The number of nitrogens with zero attached hydrogens (tertiary/aromatic N) is 1. The van der Waals surface area contributed by atoms with Gasteiger partial charge in [0.2, 0.25) is 0 Å². The van der Waals surface area contributed by atoms with E-state index in [1.54, 1.807) is 23.9 Å². The van der Waals surface area contributed by atoms with E-state index in [1.807, 2.05) is 12.3 Å². The number of aromatic hydroxyl groups is 1. The molecule has 0 aliphatic heterocycles. The summed E-state index contributed by atoms with van der Waals surface area (Å²) in [6.45, 7) is 0. The molecule has 0 amide bonds. The van der Waals surface area contributed by atoms with Gasteiger partial charge < -0.3 is 10.1 Å². The van der Waals surface area contributed by atoms with Gasteiger partial charge in [-0.3, -0.25) is 0 Å². The number of hydrogen-bond acceptors (Lipinski definition) is 3. The van der Waals surface area contributed by atoms with E-state index in [0.29, 0.717) is 0 Å². The summed E-state index contributed by atoms with van der Waals surface area (Å²) in [4.78, 5) is 7.50. The third kappa shape index (κ3) is 1.62. The Kier molecular flexibility index (Phi) is 2.14. The molecule has 0 aliphatic carbocycles. The Balaban J connectivity index is 2.49. The fourth-order valence-electron chi connectivity index (χ4n) is 1.26. The molecule has 0 spiro atoms. The van der Waals surface area contributed by atoms with Crippen molar-refractivity contribution in [3.05, 3.63) is 24.0 Å². The third-order valence-corrected chi connectivity index (χ3v) is 2.36. The van der Waals surface area contributed by atoms with E-state index in [-0.39, 0.29) is 5.75 Å². The van der Waals surface area contributed by atoms with Crippen LogP contribution in [0.15, 0.2) is 18.2 Å². The van der Waals surface area contributed by atoms with Crippen molar-refractivity contribution < 1.29 is 5.11 Å². The lowest BCUT2D eigenvalue weighted by Crippen LogP contribution is -1.80. The van der Waals surface area contributed by atoms with Crippen LogP contribution in [0, 0.1) is 0 Å². The van der Waals surface area contributed by atoms with Gasteiger partial charge in [-0.05, 0) is 18.4 Å². The van der Waals surface area contributed by atoms with Gasteiger partial charge in [-0.25, -0.2) is 4.98 Å².